The van der Waals surface area contributed by atoms with E-state index in [1.165, 1.54) is 17.2 Å². The SMILES string of the molecule is CCCC(COc1cccc2ccccc12)NC. The third-order valence-corrected chi connectivity index (χ3v) is 3.24. The minimum atomic E-state index is 0.425. The molecule has 1 atom stereocenters. The van der Waals surface area contributed by atoms with Crippen LogP contribution in [0.4, 0.5) is 0 Å². The first-order valence-corrected chi connectivity index (χ1v) is 6.63. The summed E-state index contributed by atoms with van der Waals surface area (Å²) < 4.78 is 5.96. The van der Waals surface area contributed by atoms with Gasteiger partial charge in [0.15, 0.2) is 0 Å². The first-order chi connectivity index (χ1) is 8.85. The van der Waals surface area contributed by atoms with Crippen molar-refractivity contribution in [3.63, 3.8) is 0 Å². The molecule has 2 rings (SSSR count). The van der Waals surface area contributed by atoms with Crippen molar-refractivity contribution in [1.29, 1.82) is 0 Å². The summed E-state index contributed by atoms with van der Waals surface area (Å²) in [5.41, 5.74) is 0. The summed E-state index contributed by atoms with van der Waals surface area (Å²) in [6.45, 7) is 2.92. The van der Waals surface area contributed by atoms with Crippen molar-refractivity contribution in [2.24, 2.45) is 0 Å². The van der Waals surface area contributed by atoms with Gasteiger partial charge in [-0.2, -0.15) is 0 Å². The Kier molecular flexibility index (Phi) is 4.59. The highest BCUT2D eigenvalue weighted by atomic mass is 16.5. The van der Waals surface area contributed by atoms with E-state index in [1.807, 2.05) is 19.2 Å². The van der Waals surface area contributed by atoms with Crippen LogP contribution in [0, 0.1) is 0 Å². The summed E-state index contributed by atoms with van der Waals surface area (Å²) in [6, 6.07) is 15.0. The highest BCUT2D eigenvalue weighted by Crippen LogP contribution is 2.25. The minimum Gasteiger partial charge on any atom is -0.491 e. The molecule has 0 saturated carbocycles. The molecule has 0 aliphatic heterocycles. The predicted molar refractivity (Wildman–Crippen MR) is 77.2 cm³/mol. The fourth-order valence-electron chi connectivity index (χ4n) is 2.17. The van der Waals surface area contributed by atoms with E-state index in [2.05, 4.69) is 42.6 Å². The monoisotopic (exact) mass is 243 g/mol. The van der Waals surface area contributed by atoms with E-state index in [-0.39, 0.29) is 0 Å². The summed E-state index contributed by atoms with van der Waals surface area (Å²) in [7, 11) is 1.99. The predicted octanol–water partition coefficient (Wildman–Crippen LogP) is 3.61. The number of rotatable bonds is 6. The molecule has 0 heterocycles. The molecule has 0 aliphatic carbocycles. The standard InChI is InChI=1S/C16H21NO/c1-3-7-14(17-2)12-18-16-11-6-9-13-8-4-5-10-15(13)16/h4-6,8-11,14,17H,3,7,12H2,1-2H3. The van der Waals surface area contributed by atoms with Gasteiger partial charge in [-0.3, -0.25) is 0 Å². The largest absolute Gasteiger partial charge is 0.491 e. The van der Waals surface area contributed by atoms with Crippen LogP contribution >= 0.6 is 0 Å². The topological polar surface area (TPSA) is 21.3 Å². The van der Waals surface area contributed by atoms with Gasteiger partial charge in [-0.15, -0.1) is 0 Å². The van der Waals surface area contributed by atoms with Crippen molar-refractivity contribution in [2.75, 3.05) is 13.7 Å². The molecule has 0 bridgehead atoms. The van der Waals surface area contributed by atoms with Gasteiger partial charge in [0.2, 0.25) is 0 Å². The molecule has 1 N–H and O–H groups in total. The zero-order chi connectivity index (χ0) is 12.8. The van der Waals surface area contributed by atoms with Crippen LogP contribution in [0.15, 0.2) is 42.5 Å². The first kappa shape index (κ1) is 12.9. The van der Waals surface area contributed by atoms with Crippen molar-refractivity contribution < 1.29 is 4.74 Å². The molecule has 18 heavy (non-hydrogen) atoms. The van der Waals surface area contributed by atoms with Crippen molar-refractivity contribution in [3.8, 4) is 5.75 Å². The van der Waals surface area contributed by atoms with Gasteiger partial charge in [0.05, 0.1) is 0 Å². The van der Waals surface area contributed by atoms with E-state index < -0.39 is 0 Å². The van der Waals surface area contributed by atoms with Crippen LogP contribution in [0.5, 0.6) is 5.75 Å². The van der Waals surface area contributed by atoms with Gasteiger partial charge in [-0.1, -0.05) is 49.7 Å². The third-order valence-electron chi connectivity index (χ3n) is 3.24. The van der Waals surface area contributed by atoms with Crippen LogP contribution < -0.4 is 10.1 Å². The summed E-state index contributed by atoms with van der Waals surface area (Å²) >= 11 is 0. The molecule has 0 aromatic heterocycles. The average Bonchev–Trinajstić information content (AvgIpc) is 2.43. The number of fused-ring (bicyclic) bond motifs is 1. The Morgan fingerprint density at radius 1 is 1.11 bits per heavy atom. The van der Waals surface area contributed by atoms with E-state index in [0.717, 1.165) is 18.8 Å². The number of likely N-dealkylation sites (N-methyl/N-ethyl adjacent to an activating group) is 1. The lowest BCUT2D eigenvalue weighted by Gasteiger charge is -2.17. The average molecular weight is 243 g/mol. The smallest absolute Gasteiger partial charge is 0.127 e. The third kappa shape index (κ3) is 3.02. The van der Waals surface area contributed by atoms with Gasteiger partial charge in [0.1, 0.15) is 12.4 Å². The molecule has 0 radical (unpaired) electrons. The second-order valence-corrected chi connectivity index (χ2v) is 4.56. The number of benzene rings is 2. The highest BCUT2D eigenvalue weighted by molar-refractivity contribution is 5.88. The number of hydrogen-bond donors (Lipinski definition) is 1. The van der Waals surface area contributed by atoms with E-state index in [1.54, 1.807) is 0 Å². The van der Waals surface area contributed by atoms with Crippen LogP contribution in [-0.4, -0.2) is 19.7 Å². The summed E-state index contributed by atoms with van der Waals surface area (Å²) in [5.74, 6) is 0.976. The molecule has 0 saturated heterocycles. The van der Waals surface area contributed by atoms with Gasteiger partial charge < -0.3 is 10.1 Å². The Labute approximate surface area is 109 Å². The van der Waals surface area contributed by atoms with Gasteiger partial charge >= 0.3 is 0 Å². The van der Waals surface area contributed by atoms with Gasteiger partial charge in [-0.05, 0) is 24.9 Å². The molecule has 2 aromatic rings. The lowest BCUT2D eigenvalue weighted by Crippen LogP contribution is -2.31. The normalized spacial score (nSPS) is 12.6. The number of ether oxygens (including phenoxy) is 1. The van der Waals surface area contributed by atoms with Gasteiger partial charge in [0, 0.05) is 11.4 Å². The lowest BCUT2D eigenvalue weighted by molar-refractivity contribution is 0.265. The Balaban J connectivity index is 2.11. The quantitative estimate of drug-likeness (QED) is 0.837. The minimum absolute atomic E-state index is 0.425. The van der Waals surface area contributed by atoms with Crippen LogP contribution in [0.2, 0.25) is 0 Å². The summed E-state index contributed by atoms with van der Waals surface area (Å²) in [6.07, 6.45) is 2.31. The van der Waals surface area contributed by atoms with Gasteiger partial charge in [-0.25, -0.2) is 0 Å². The Bertz CT molecular complexity index is 490. The van der Waals surface area contributed by atoms with Crippen molar-refractivity contribution in [3.05, 3.63) is 42.5 Å². The maximum Gasteiger partial charge on any atom is 0.127 e. The molecule has 2 heteroatoms. The van der Waals surface area contributed by atoms with Gasteiger partial charge in [0.25, 0.3) is 0 Å². The maximum absolute atomic E-state index is 5.96. The molecule has 2 aromatic carbocycles. The molecule has 2 nitrogen and oxygen atoms in total. The molecular formula is C16H21NO. The summed E-state index contributed by atoms with van der Waals surface area (Å²) in [5, 5.41) is 5.71. The molecule has 0 fully saturated rings. The molecular weight excluding hydrogens is 222 g/mol. The second-order valence-electron chi connectivity index (χ2n) is 4.56. The van der Waals surface area contributed by atoms with Crippen LogP contribution in [0.3, 0.4) is 0 Å². The Hall–Kier alpha value is -1.54. The van der Waals surface area contributed by atoms with E-state index in [9.17, 15) is 0 Å². The van der Waals surface area contributed by atoms with E-state index in [4.69, 9.17) is 4.74 Å². The van der Waals surface area contributed by atoms with Crippen LogP contribution in [0.25, 0.3) is 10.8 Å². The molecule has 0 amide bonds. The zero-order valence-electron chi connectivity index (χ0n) is 11.1. The second kappa shape index (κ2) is 6.41. The number of hydrogen-bond acceptors (Lipinski definition) is 2. The van der Waals surface area contributed by atoms with Crippen LogP contribution in [0.1, 0.15) is 19.8 Å². The molecule has 96 valence electrons. The molecule has 1 unspecified atom stereocenters. The van der Waals surface area contributed by atoms with E-state index in [0.29, 0.717) is 6.04 Å². The van der Waals surface area contributed by atoms with E-state index >= 15 is 0 Å². The molecule has 0 spiro atoms. The van der Waals surface area contributed by atoms with Crippen LogP contribution in [-0.2, 0) is 0 Å². The fraction of sp³-hybridized carbons (Fsp3) is 0.375. The lowest BCUT2D eigenvalue weighted by atomic mass is 10.1. The highest BCUT2D eigenvalue weighted by Gasteiger charge is 2.07. The fourth-order valence-corrected chi connectivity index (χ4v) is 2.17. The molecule has 0 aliphatic rings. The first-order valence-electron chi connectivity index (χ1n) is 6.63. The number of nitrogens with one attached hydrogen (secondary N) is 1. The van der Waals surface area contributed by atoms with Crippen molar-refractivity contribution in [2.45, 2.75) is 25.8 Å². The Morgan fingerprint density at radius 2 is 1.89 bits per heavy atom. The maximum atomic E-state index is 5.96. The summed E-state index contributed by atoms with van der Waals surface area (Å²) in [4.78, 5) is 0. The van der Waals surface area contributed by atoms with Crippen molar-refractivity contribution >= 4 is 10.8 Å². The van der Waals surface area contributed by atoms with Crippen molar-refractivity contribution in [1.82, 2.24) is 5.32 Å². The zero-order valence-corrected chi connectivity index (χ0v) is 11.1. The Morgan fingerprint density at radius 3 is 2.67 bits per heavy atom.